The van der Waals surface area contributed by atoms with Crippen molar-refractivity contribution in [1.82, 2.24) is 4.98 Å². The molecule has 1 atom stereocenters. The number of aliphatic hydroxyl groups excluding tert-OH is 1. The maximum atomic E-state index is 9.11. The number of rotatable bonds is 3. The summed E-state index contributed by atoms with van der Waals surface area (Å²) in [4.78, 5) is 6.69. The molecule has 0 radical (unpaired) electrons. The van der Waals surface area contributed by atoms with Gasteiger partial charge in [-0.25, -0.2) is 4.98 Å². The first-order valence-electron chi connectivity index (χ1n) is 5.44. The number of nitrogens with zero attached hydrogens (tertiary/aromatic N) is 2. The predicted octanol–water partition coefficient (Wildman–Crippen LogP) is -0.0867. The summed E-state index contributed by atoms with van der Waals surface area (Å²) < 4.78 is 5.40. The van der Waals surface area contributed by atoms with Gasteiger partial charge in [0.05, 0.1) is 24.9 Å². The molecule has 3 N–H and O–H groups in total. The topological polar surface area (TPSA) is 71.6 Å². The largest absolute Gasteiger partial charge is 0.394 e. The number of ether oxygens (including phenoxy) is 1. The maximum Gasteiger partial charge on any atom is 0.138 e. The van der Waals surface area contributed by atoms with Crippen molar-refractivity contribution in [2.75, 3.05) is 31.2 Å². The van der Waals surface area contributed by atoms with Gasteiger partial charge in [-0.1, -0.05) is 12.2 Å². The SMILES string of the molecule is NC(=S)c1cccnc1N1CCOC(CO)C1. The fraction of sp³-hybridized carbons (Fsp3) is 0.455. The van der Waals surface area contributed by atoms with Crippen molar-refractivity contribution in [3.05, 3.63) is 23.9 Å². The Kier molecular flexibility index (Phi) is 3.88. The molecule has 0 amide bonds. The zero-order valence-corrected chi connectivity index (χ0v) is 10.2. The van der Waals surface area contributed by atoms with E-state index in [1.807, 2.05) is 17.0 Å². The molecule has 2 rings (SSSR count). The first kappa shape index (κ1) is 12.2. The number of pyridine rings is 1. The molecule has 6 heteroatoms. The van der Waals surface area contributed by atoms with Crippen LogP contribution in [0.3, 0.4) is 0 Å². The quantitative estimate of drug-likeness (QED) is 0.734. The molecule has 5 nitrogen and oxygen atoms in total. The third kappa shape index (κ3) is 2.71. The molecule has 0 aromatic carbocycles. The van der Waals surface area contributed by atoms with Gasteiger partial charge >= 0.3 is 0 Å². The van der Waals surface area contributed by atoms with Crippen LogP contribution in [-0.4, -0.2) is 47.5 Å². The highest BCUT2D eigenvalue weighted by Crippen LogP contribution is 2.19. The molecule has 1 saturated heterocycles. The third-order valence-corrected chi connectivity index (χ3v) is 2.91. The van der Waals surface area contributed by atoms with Crippen LogP contribution in [0.5, 0.6) is 0 Å². The number of anilines is 1. The van der Waals surface area contributed by atoms with Gasteiger partial charge in [0.15, 0.2) is 0 Å². The minimum atomic E-state index is -0.176. The van der Waals surface area contributed by atoms with Gasteiger partial charge in [-0.3, -0.25) is 0 Å². The van der Waals surface area contributed by atoms with Gasteiger partial charge in [-0.2, -0.15) is 0 Å². The second kappa shape index (κ2) is 5.39. The molecular weight excluding hydrogens is 238 g/mol. The van der Waals surface area contributed by atoms with Crippen LogP contribution in [0.15, 0.2) is 18.3 Å². The minimum absolute atomic E-state index is 0.00569. The maximum absolute atomic E-state index is 9.11. The lowest BCUT2D eigenvalue weighted by atomic mass is 10.2. The van der Waals surface area contributed by atoms with E-state index in [-0.39, 0.29) is 12.7 Å². The Labute approximate surface area is 105 Å². The summed E-state index contributed by atoms with van der Waals surface area (Å²) >= 11 is 5.01. The summed E-state index contributed by atoms with van der Waals surface area (Å²) in [7, 11) is 0. The summed E-state index contributed by atoms with van der Waals surface area (Å²) in [6.07, 6.45) is 1.53. The van der Waals surface area contributed by atoms with Crippen LogP contribution in [0.1, 0.15) is 5.56 Å². The van der Waals surface area contributed by atoms with Gasteiger partial charge < -0.3 is 20.5 Å². The molecule has 1 aliphatic heterocycles. The van der Waals surface area contributed by atoms with Crippen LogP contribution < -0.4 is 10.6 Å². The Bertz CT molecular complexity index is 413. The average molecular weight is 253 g/mol. The van der Waals surface area contributed by atoms with Gasteiger partial charge in [0.2, 0.25) is 0 Å². The highest BCUT2D eigenvalue weighted by atomic mass is 32.1. The molecule has 92 valence electrons. The second-order valence-electron chi connectivity index (χ2n) is 3.86. The lowest BCUT2D eigenvalue weighted by Crippen LogP contribution is -2.45. The van der Waals surface area contributed by atoms with Crippen LogP contribution in [-0.2, 0) is 4.74 Å². The lowest BCUT2D eigenvalue weighted by Gasteiger charge is -2.33. The smallest absolute Gasteiger partial charge is 0.138 e. The first-order chi connectivity index (χ1) is 8.22. The molecule has 1 aromatic rings. The zero-order chi connectivity index (χ0) is 12.3. The average Bonchev–Trinajstić information content (AvgIpc) is 2.39. The van der Waals surface area contributed by atoms with E-state index in [4.69, 9.17) is 27.8 Å². The molecule has 0 spiro atoms. The van der Waals surface area contributed by atoms with E-state index < -0.39 is 0 Å². The summed E-state index contributed by atoms with van der Waals surface area (Å²) in [5, 5.41) is 9.11. The summed E-state index contributed by atoms with van der Waals surface area (Å²) in [5.41, 5.74) is 6.44. The number of aliphatic hydroxyl groups is 1. The van der Waals surface area contributed by atoms with Crippen molar-refractivity contribution < 1.29 is 9.84 Å². The Hall–Kier alpha value is -1.24. The van der Waals surface area contributed by atoms with Crippen LogP contribution in [0.4, 0.5) is 5.82 Å². The molecule has 0 bridgehead atoms. The number of morpholine rings is 1. The van der Waals surface area contributed by atoms with E-state index in [2.05, 4.69) is 4.98 Å². The van der Waals surface area contributed by atoms with Crippen molar-refractivity contribution in [1.29, 1.82) is 0 Å². The van der Waals surface area contributed by atoms with E-state index in [0.717, 1.165) is 17.9 Å². The molecule has 1 aliphatic rings. The number of aromatic nitrogens is 1. The molecule has 0 aliphatic carbocycles. The number of hydrogen-bond donors (Lipinski definition) is 2. The van der Waals surface area contributed by atoms with E-state index in [0.29, 0.717) is 18.1 Å². The predicted molar refractivity (Wildman–Crippen MR) is 69.2 cm³/mol. The van der Waals surface area contributed by atoms with Crippen molar-refractivity contribution in [2.24, 2.45) is 5.73 Å². The summed E-state index contributed by atoms with van der Waals surface area (Å²) in [5.74, 6) is 0.766. The molecule has 1 fully saturated rings. The van der Waals surface area contributed by atoms with Crippen LogP contribution >= 0.6 is 12.2 Å². The standard InChI is InChI=1S/C11H15N3O2S/c12-10(17)9-2-1-3-13-11(9)14-4-5-16-8(6-14)7-15/h1-3,8,15H,4-7H2,(H2,12,17). The van der Waals surface area contributed by atoms with Gasteiger partial charge in [0, 0.05) is 19.3 Å². The minimum Gasteiger partial charge on any atom is -0.394 e. The van der Waals surface area contributed by atoms with Gasteiger partial charge in [-0.15, -0.1) is 0 Å². The van der Waals surface area contributed by atoms with E-state index in [1.54, 1.807) is 6.20 Å². The fourth-order valence-electron chi connectivity index (χ4n) is 1.86. The molecule has 1 unspecified atom stereocenters. The molecule has 0 saturated carbocycles. The number of thiocarbonyl (C=S) groups is 1. The highest BCUT2D eigenvalue weighted by molar-refractivity contribution is 7.80. The van der Waals surface area contributed by atoms with E-state index in [9.17, 15) is 0 Å². The Balaban J connectivity index is 2.24. The van der Waals surface area contributed by atoms with E-state index >= 15 is 0 Å². The first-order valence-corrected chi connectivity index (χ1v) is 5.85. The van der Waals surface area contributed by atoms with Crippen LogP contribution in [0.25, 0.3) is 0 Å². The van der Waals surface area contributed by atoms with E-state index in [1.165, 1.54) is 0 Å². The van der Waals surface area contributed by atoms with Crippen molar-refractivity contribution >= 4 is 23.0 Å². The molecule has 2 heterocycles. The highest BCUT2D eigenvalue weighted by Gasteiger charge is 2.22. The van der Waals surface area contributed by atoms with Gasteiger partial charge in [0.1, 0.15) is 10.8 Å². The van der Waals surface area contributed by atoms with Gasteiger partial charge in [0.25, 0.3) is 0 Å². The summed E-state index contributed by atoms with van der Waals surface area (Å²) in [6, 6.07) is 3.66. The normalized spacial score (nSPS) is 20.3. The van der Waals surface area contributed by atoms with Crippen molar-refractivity contribution in [2.45, 2.75) is 6.10 Å². The molecular formula is C11H15N3O2S. The fourth-order valence-corrected chi connectivity index (χ4v) is 2.02. The Morgan fingerprint density at radius 1 is 1.71 bits per heavy atom. The van der Waals surface area contributed by atoms with Crippen LogP contribution in [0, 0.1) is 0 Å². The third-order valence-electron chi connectivity index (χ3n) is 2.69. The van der Waals surface area contributed by atoms with Crippen LogP contribution in [0.2, 0.25) is 0 Å². The van der Waals surface area contributed by atoms with Crippen molar-refractivity contribution in [3.63, 3.8) is 0 Å². The van der Waals surface area contributed by atoms with Crippen molar-refractivity contribution in [3.8, 4) is 0 Å². The summed E-state index contributed by atoms with van der Waals surface area (Å²) in [6.45, 7) is 1.90. The van der Waals surface area contributed by atoms with Gasteiger partial charge in [-0.05, 0) is 12.1 Å². The Morgan fingerprint density at radius 2 is 2.53 bits per heavy atom. The monoisotopic (exact) mass is 253 g/mol. The number of hydrogen-bond acceptors (Lipinski definition) is 5. The molecule has 1 aromatic heterocycles. The number of nitrogens with two attached hydrogens (primary N) is 1. The zero-order valence-electron chi connectivity index (χ0n) is 9.37. The lowest BCUT2D eigenvalue weighted by molar-refractivity contribution is 0.00335. The Morgan fingerprint density at radius 3 is 3.24 bits per heavy atom. The second-order valence-corrected chi connectivity index (χ2v) is 4.30. The molecule has 17 heavy (non-hydrogen) atoms.